The average Bonchev–Trinajstić information content (AvgIpc) is 2.49. The third-order valence-corrected chi connectivity index (χ3v) is 4.26. The molecule has 2 N–H and O–H groups in total. The van der Waals surface area contributed by atoms with Crippen LogP contribution >= 0.6 is 0 Å². The Kier molecular flexibility index (Phi) is 5.23. The molecule has 0 amide bonds. The third-order valence-electron chi connectivity index (χ3n) is 4.26. The lowest BCUT2D eigenvalue weighted by molar-refractivity contribution is 0.0810. The number of hydrogen-bond donors (Lipinski definition) is 2. The Morgan fingerprint density at radius 1 is 1.21 bits per heavy atom. The molecule has 1 aromatic rings. The molecule has 0 spiro atoms. The molecular formula is C16H25NO2. The minimum atomic E-state index is 0.0975. The number of hydrogen-bond acceptors (Lipinski definition) is 3. The standard InChI is InChI=1S/C16H25NO2/c1-19-15-8-4-3-7-14(15)11-17-12-16(13-18)9-5-2-6-10-16/h3-4,7-8,17-18H,2,5-6,9-13H2,1H3. The molecule has 1 aliphatic carbocycles. The number of rotatable bonds is 6. The molecule has 0 aliphatic heterocycles. The maximum atomic E-state index is 9.67. The highest BCUT2D eigenvalue weighted by Crippen LogP contribution is 2.35. The Balaban J connectivity index is 1.88. The first kappa shape index (κ1) is 14.4. The summed E-state index contributed by atoms with van der Waals surface area (Å²) in [5.41, 5.74) is 1.27. The van der Waals surface area contributed by atoms with Crippen molar-refractivity contribution < 1.29 is 9.84 Å². The fourth-order valence-corrected chi connectivity index (χ4v) is 3.00. The van der Waals surface area contributed by atoms with Crippen molar-refractivity contribution in [3.63, 3.8) is 0 Å². The topological polar surface area (TPSA) is 41.5 Å². The molecule has 3 heteroatoms. The highest BCUT2D eigenvalue weighted by atomic mass is 16.5. The van der Waals surface area contributed by atoms with Gasteiger partial charge in [0.15, 0.2) is 0 Å². The van der Waals surface area contributed by atoms with Crippen LogP contribution in [0.5, 0.6) is 5.75 Å². The van der Waals surface area contributed by atoms with Gasteiger partial charge < -0.3 is 15.2 Å². The molecule has 1 saturated carbocycles. The van der Waals surface area contributed by atoms with Crippen molar-refractivity contribution in [1.29, 1.82) is 0 Å². The zero-order valence-corrected chi connectivity index (χ0v) is 11.8. The van der Waals surface area contributed by atoms with Crippen molar-refractivity contribution in [3.8, 4) is 5.75 Å². The van der Waals surface area contributed by atoms with E-state index < -0.39 is 0 Å². The molecule has 1 aliphatic rings. The van der Waals surface area contributed by atoms with Crippen molar-refractivity contribution >= 4 is 0 Å². The number of para-hydroxylation sites is 1. The summed E-state index contributed by atoms with van der Waals surface area (Å²) in [6.07, 6.45) is 6.09. The number of methoxy groups -OCH3 is 1. The summed E-state index contributed by atoms with van der Waals surface area (Å²) in [7, 11) is 1.70. The Morgan fingerprint density at radius 2 is 1.95 bits per heavy atom. The van der Waals surface area contributed by atoms with Gasteiger partial charge in [-0.3, -0.25) is 0 Å². The van der Waals surface area contributed by atoms with Gasteiger partial charge in [0.05, 0.1) is 7.11 Å². The van der Waals surface area contributed by atoms with E-state index in [0.29, 0.717) is 6.61 Å². The van der Waals surface area contributed by atoms with Crippen LogP contribution in [-0.4, -0.2) is 25.4 Å². The molecule has 1 fully saturated rings. The molecule has 0 atom stereocenters. The van der Waals surface area contributed by atoms with Gasteiger partial charge in [0.25, 0.3) is 0 Å². The first-order valence-electron chi connectivity index (χ1n) is 7.23. The van der Waals surface area contributed by atoms with E-state index in [1.54, 1.807) is 7.11 Å². The van der Waals surface area contributed by atoms with Gasteiger partial charge in [-0.2, -0.15) is 0 Å². The smallest absolute Gasteiger partial charge is 0.123 e. The van der Waals surface area contributed by atoms with Crippen LogP contribution in [0.25, 0.3) is 0 Å². The highest BCUT2D eigenvalue weighted by molar-refractivity contribution is 5.32. The van der Waals surface area contributed by atoms with Crippen molar-refractivity contribution in [2.24, 2.45) is 5.41 Å². The molecular weight excluding hydrogens is 238 g/mol. The molecule has 0 aromatic heterocycles. The van der Waals surface area contributed by atoms with Gasteiger partial charge in [0.1, 0.15) is 5.75 Å². The highest BCUT2D eigenvalue weighted by Gasteiger charge is 2.30. The predicted molar refractivity (Wildman–Crippen MR) is 77.3 cm³/mol. The number of aliphatic hydroxyl groups excluding tert-OH is 1. The normalized spacial score (nSPS) is 18.2. The van der Waals surface area contributed by atoms with Crippen LogP contribution in [0.4, 0.5) is 0 Å². The lowest BCUT2D eigenvalue weighted by atomic mass is 9.74. The summed E-state index contributed by atoms with van der Waals surface area (Å²) in [4.78, 5) is 0. The fraction of sp³-hybridized carbons (Fsp3) is 0.625. The molecule has 0 radical (unpaired) electrons. The van der Waals surface area contributed by atoms with Crippen LogP contribution in [-0.2, 0) is 6.54 Å². The maximum absolute atomic E-state index is 9.67. The van der Waals surface area contributed by atoms with E-state index in [2.05, 4.69) is 11.4 Å². The van der Waals surface area contributed by atoms with Crippen LogP contribution in [0.15, 0.2) is 24.3 Å². The Bertz CT molecular complexity index is 386. The third kappa shape index (κ3) is 3.71. The van der Waals surface area contributed by atoms with E-state index in [0.717, 1.165) is 31.7 Å². The molecule has 0 saturated heterocycles. The second kappa shape index (κ2) is 6.92. The van der Waals surface area contributed by atoms with Gasteiger partial charge in [0.2, 0.25) is 0 Å². The van der Waals surface area contributed by atoms with Crippen LogP contribution in [0.3, 0.4) is 0 Å². The minimum absolute atomic E-state index is 0.0975. The Morgan fingerprint density at radius 3 is 2.63 bits per heavy atom. The van der Waals surface area contributed by atoms with E-state index in [1.165, 1.54) is 24.8 Å². The Hall–Kier alpha value is -1.06. The quantitative estimate of drug-likeness (QED) is 0.829. The van der Waals surface area contributed by atoms with Gasteiger partial charge in [0, 0.05) is 30.7 Å². The zero-order valence-electron chi connectivity index (χ0n) is 11.8. The monoisotopic (exact) mass is 263 g/mol. The Labute approximate surface area is 116 Å². The second-order valence-electron chi connectivity index (χ2n) is 5.63. The summed E-state index contributed by atoms with van der Waals surface area (Å²) in [6, 6.07) is 8.08. The summed E-state index contributed by atoms with van der Waals surface area (Å²) in [5.74, 6) is 0.927. The summed E-state index contributed by atoms with van der Waals surface area (Å²) in [5, 5.41) is 13.2. The van der Waals surface area contributed by atoms with Crippen LogP contribution < -0.4 is 10.1 Å². The van der Waals surface area contributed by atoms with Crippen molar-refractivity contribution in [2.45, 2.75) is 38.6 Å². The predicted octanol–water partition coefficient (Wildman–Crippen LogP) is 2.73. The van der Waals surface area contributed by atoms with Crippen LogP contribution in [0, 0.1) is 5.41 Å². The fourth-order valence-electron chi connectivity index (χ4n) is 3.00. The number of nitrogens with one attached hydrogen (secondary N) is 1. The van der Waals surface area contributed by atoms with E-state index in [1.807, 2.05) is 18.2 Å². The first-order valence-corrected chi connectivity index (χ1v) is 7.23. The van der Waals surface area contributed by atoms with Gasteiger partial charge >= 0.3 is 0 Å². The molecule has 19 heavy (non-hydrogen) atoms. The van der Waals surface area contributed by atoms with Crippen molar-refractivity contribution in [2.75, 3.05) is 20.3 Å². The van der Waals surface area contributed by atoms with E-state index in [-0.39, 0.29) is 5.41 Å². The number of ether oxygens (including phenoxy) is 1. The lowest BCUT2D eigenvalue weighted by Crippen LogP contribution is -2.38. The minimum Gasteiger partial charge on any atom is -0.496 e. The molecule has 1 aromatic carbocycles. The molecule has 0 heterocycles. The van der Waals surface area contributed by atoms with Gasteiger partial charge in [-0.25, -0.2) is 0 Å². The lowest BCUT2D eigenvalue weighted by Gasteiger charge is -2.35. The molecule has 0 bridgehead atoms. The van der Waals surface area contributed by atoms with Crippen LogP contribution in [0.2, 0.25) is 0 Å². The van der Waals surface area contributed by atoms with Gasteiger partial charge in [-0.05, 0) is 18.9 Å². The summed E-state index contributed by atoms with van der Waals surface area (Å²) >= 11 is 0. The van der Waals surface area contributed by atoms with Crippen molar-refractivity contribution in [3.05, 3.63) is 29.8 Å². The maximum Gasteiger partial charge on any atom is 0.123 e. The van der Waals surface area contributed by atoms with Crippen LogP contribution in [0.1, 0.15) is 37.7 Å². The average molecular weight is 263 g/mol. The van der Waals surface area contributed by atoms with Crippen molar-refractivity contribution in [1.82, 2.24) is 5.32 Å². The number of benzene rings is 1. The molecule has 3 nitrogen and oxygen atoms in total. The zero-order chi connectivity index (χ0) is 13.6. The second-order valence-corrected chi connectivity index (χ2v) is 5.63. The van der Waals surface area contributed by atoms with E-state index >= 15 is 0 Å². The first-order chi connectivity index (χ1) is 9.29. The number of aliphatic hydroxyl groups is 1. The van der Waals surface area contributed by atoms with E-state index in [4.69, 9.17) is 4.74 Å². The SMILES string of the molecule is COc1ccccc1CNCC1(CO)CCCCC1. The van der Waals surface area contributed by atoms with E-state index in [9.17, 15) is 5.11 Å². The molecule has 0 unspecified atom stereocenters. The summed E-state index contributed by atoms with van der Waals surface area (Å²) in [6.45, 7) is 1.99. The largest absolute Gasteiger partial charge is 0.496 e. The molecule has 2 rings (SSSR count). The van der Waals surface area contributed by atoms with Gasteiger partial charge in [-0.15, -0.1) is 0 Å². The summed E-state index contributed by atoms with van der Waals surface area (Å²) < 4.78 is 5.35. The van der Waals surface area contributed by atoms with Gasteiger partial charge in [-0.1, -0.05) is 37.5 Å². The molecule has 106 valence electrons.